The number of alkyl halides is 1. The van der Waals surface area contributed by atoms with Gasteiger partial charge in [0.15, 0.2) is 10.8 Å². The monoisotopic (exact) mass is 255 g/mol. The quantitative estimate of drug-likeness (QED) is 0.451. The molecule has 0 atom stereocenters. The summed E-state index contributed by atoms with van der Waals surface area (Å²) < 4.78 is 2.02. The van der Waals surface area contributed by atoms with Crippen molar-refractivity contribution in [3.05, 3.63) is 24.4 Å². The van der Waals surface area contributed by atoms with Gasteiger partial charge in [0.1, 0.15) is 0 Å². The van der Waals surface area contributed by atoms with E-state index in [-0.39, 0.29) is 0 Å². The number of unbranched alkanes of at least 4 members (excludes halogenated alkanes) is 2. The zero-order chi connectivity index (χ0) is 11.2. The normalized spacial score (nSPS) is 11.1. The Balaban J connectivity index is 1.89. The highest BCUT2D eigenvalue weighted by Gasteiger charge is 2.03. The second kappa shape index (κ2) is 6.11. The maximum atomic E-state index is 5.62. The van der Waals surface area contributed by atoms with Crippen molar-refractivity contribution in [1.82, 2.24) is 14.6 Å². The van der Waals surface area contributed by atoms with Crippen LogP contribution in [0.3, 0.4) is 0 Å². The van der Waals surface area contributed by atoms with E-state index in [1.807, 2.05) is 28.8 Å². The second-order valence-corrected chi connectivity index (χ2v) is 4.95. The van der Waals surface area contributed by atoms with Gasteiger partial charge in [0, 0.05) is 17.8 Å². The summed E-state index contributed by atoms with van der Waals surface area (Å²) in [5.41, 5.74) is 0.908. The van der Waals surface area contributed by atoms with Gasteiger partial charge >= 0.3 is 0 Å². The van der Waals surface area contributed by atoms with Gasteiger partial charge in [-0.15, -0.1) is 21.8 Å². The molecule has 86 valence electrons. The first-order chi connectivity index (χ1) is 7.92. The molecule has 0 aliphatic heterocycles. The second-order valence-electron chi connectivity index (χ2n) is 3.51. The fourth-order valence-corrected chi connectivity index (χ4v) is 2.57. The average Bonchev–Trinajstić information content (AvgIpc) is 2.73. The molecule has 0 N–H and O–H groups in total. The van der Waals surface area contributed by atoms with Crippen LogP contribution >= 0.6 is 23.4 Å². The van der Waals surface area contributed by atoms with Crippen molar-refractivity contribution in [2.75, 3.05) is 11.6 Å². The van der Waals surface area contributed by atoms with E-state index in [1.165, 1.54) is 12.8 Å². The van der Waals surface area contributed by atoms with Gasteiger partial charge in [-0.25, -0.2) is 0 Å². The van der Waals surface area contributed by atoms with Gasteiger partial charge in [0.2, 0.25) is 0 Å². The van der Waals surface area contributed by atoms with E-state index in [0.29, 0.717) is 0 Å². The van der Waals surface area contributed by atoms with Crippen LogP contribution in [0, 0.1) is 0 Å². The van der Waals surface area contributed by atoms with Crippen LogP contribution in [0.25, 0.3) is 5.65 Å². The molecular formula is C11H14ClN3S. The number of thioether (sulfide) groups is 1. The van der Waals surface area contributed by atoms with Gasteiger partial charge in [-0.2, -0.15) is 0 Å². The summed E-state index contributed by atoms with van der Waals surface area (Å²) in [4.78, 5) is 0. The van der Waals surface area contributed by atoms with Crippen molar-refractivity contribution in [2.45, 2.75) is 24.4 Å². The molecule has 0 aliphatic carbocycles. The summed E-state index contributed by atoms with van der Waals surface area (Å²) in [6.07, 6.45) is 5.46. The minimum atomic E-state index is 0.762. The first-order valence-electron chi connectivity index (χ1n) is 5.40. The van der Waals surface area contributed by atoms with E-state index >= 15 is 0 Å². The number of aromatic nitrogens is 3. The molecule has 5 heteroatoms. The molecule has 2 heterocycles. The van der Waals surface area contributed by atoms with Crippen molar-refractivity contribution in [3.63, 3.8) is 0 Å². The largest absolute Gasteiger partial charge is 0.277 e. The summed E-state index contributed by atoms with van der Waals surface area (Å²) in [6.45, 7) is 0. The van der Waals surface area contributed by atoms with Crippen molar-refractivity contribution >= 4 is 29.0 Å². The molecule has 16 heavy (non-hydrogen) atoms. The lowest BCUT2D eigenvalue weighted by atomic mass is 10.3. The smallest absolute Gasteiger partial charge is 0.195 e. The summed E-state index contributed by atoms with van der Waals surface area (Å²) in [6, 6.07) is 5.93. The third-order valence-corrected chi connectivity index (χ3v) is 3.59. The fraction of sp³-hybridized carbons (Fsp3) is 0.455. The minimum Gasteiger partial charge on any atom is -0.277 e. The average molecular weight is 256 g/mol. The molecular weight excluding hydrogens is 242 g/mol. The Hall–Kier alpha value is -0.740. The molecule has 0 bridgehead atoms. The predicted octanol–water partition coefficient (Wildman–Crippen LogP) is 3.23. The Morgan fingerprint density at radius 1 is 1.19 bits per heavy atom. The van der Waals surface area contributed by atoms with Crippen LogP contribution in [-0.2, 0) is 0 Å². The number of hydrogen-bond donors (Lipinski definition) is 0. The Morgan fingerprint density at radius 2 is 2.12 bits per heavy atom. The minimum absolute atomic E-state index is 0.762. The predicted molar refractivity (Wildman–Crippen MR) is 68.3 cm³/mol. The molecule has 0 saturated heterocycles. The van der Waals surface area contributed by atoms with Crippen LogP contribution < -0.4 is 0 Å². The highest BCUT2D eigenvalue weighted by Crippen LogP contribution is 2.18. The number of rotatable bonds is 6. The van der Waals surface area contributed by atoms with E-state index in [2.05, 4.69) is 10.2 Å². The molecule has 0 fully saturated rings. The van der Waals surface area contributed by atoms with Crippen LogP contribution in [0.2, 0.25) is 0 Å². The summed E-state index contributed by atoms with van der Waals surface area (Å²) in [7, 11) is 0. The van der Waals surface area contributed by atoms with Crippen molar-refractivity contribution < 1.29 is 0 Å². The Kier molecular flexibility index (Phi) is 4.48. The van der Waals surface area contributed by atoms with Crippen molar-refractivity contribution in [2.24, 2.45) is 0 Å². The summed E-state index contributed by atoms with van der Waals surface area (Å²) in [5.74, 6) is 1.84. The molecule has 2 rings (SSSR count). The van der Waals surface area contributed by atoms with Crippen LogP contribution in [0.15, 0.2) is 29.6 Å². The van der Waals surface area contributed by atoms with Crippen LogP contribution in [-0.4, -0.2) is 26.2 Å². The van der Waals surface area contributed by atoms with Gasteiger partial charge in [0.25, 0.3) is 0 Å². The molecule has 0 amide bonds. The molecule has 0 saturated carbocycles. The Morgan fingerprint density at radius 3 is 3.00 bits per heavy atom. The van der Waals surface area contributed by atoms with E-state index < -0.39 is 0 Å². The topological polar surface area (TPSA) is 30.2 Å². The lowest BCUT2D eigenvalue weighted by Gasteiger charge is -1.99. The van der Waals surface area contributed by atoms with Gasteiger partial charge in [0.05, 0.1) is 0 Å². The Labute approximate surface area is 104 Å². The zero-order valence-corrected chi connectivity index (χ0v) is 10.5. The number of pyridine rings is 1. The lowest BCUT2D eigenvalue weighted by molar-refractivity contribution is 0.780. The number of halogens is 1. The maximum Gasteiger partial charge on any atom is 0.195 e. The number of hydrogen-bond acceptors (Lipinski definition) is 3. The maximum absolute atomic E-state index is 5.62. The first kappa shape index (κ1) is 11.7. The molecule has 0 unspecified atom stereocenters. The molecule has 0 radical (unpaired) electrons. The number of fused-ring (bicyclic) bond motifs is 1. The zero-order valence-electron chi connectivity index (χ0n) is 8.97. The van der Waals surface area contributed by atoms with Gasteiger partial charge in [-0.3, -0.25) is 4.40 Å². The third kappa shape index (κ3) is 2.89. The summed E-state index contributed by atoms with van der Waals surface area (Å²) in [5, 5.41) is 9.24. The highest BCUT2D eigenvalue weighted by atomic mass is 35.5. The van der Waals surface area contributed by atoms with Crippen LogP contribution in [0.5, 0.6) is 0 Å². The molecule has 0 aromatic carbocycles. The van der Waals surface area contributed by atoms with E-state index in [9.17, 15) is 0 Å². The SMILES string of the molecule is ClCCCCCSc1nnc2ccccn12. The number of nitrogens with zero attached hydrogens (tertiary/aromatic N) is 3. The lowest BCUT2D eigenvalue weighted by Crippen LogP contribution is -1.88. The van der Waals surface area contributed by atoms with E-state index in [1.54, 1.807) is 11.8 Å². The van der Waals surface area contributed by atoms with Crippen molar-refractivity contribution in [1.29, 1.82) is 0 Å². The molecule has 0 aliphatic rings. The van der Waals surface area contributed by atoms with E-state index in [4.69, 9.17) is 11.6 Å². The Bertz CT molecular complexity index is 443. The van der Waals surface area contributed by atoms with Gasteiger partial charge < -0.3 is 0 Å². The molecule has 2 aromatic heterocycles. The standard InChI is InChI=1S/C11H14ClN3S/c12-7-3-1-5-9-16-11-14-13-10-6-2-4-8-15(10)11/h2,4,6,8H,1,3,5,7,9H2. The van der Waals surface area contributed by atoms with E-state index in [0.717, 1.165) is 28.9 Å². The molecule has 2 aromatic rings. The van der Waals surface area contributed by atoms with Gasteiger partial charge in [-0.05, 0) is 25.0 Å². The van der Waals surface area contributed by atoms with Crippen LogP contribution in [0.4, 0.5) is 0 Å². The summed E-state index contributed by atoms with van der Waals surface area (Å²) >= 11 is 7.38. The van der Waals surface area contributed by atoms with Crippen LogP contribution in [0.1, 0.15) is 19.3 Å². The first-order valence-corrected chi connectivity index (χ1v) is 6.92. The highest BCUT2D eigenvalue weighted by molar-refractivity contribution is 7.99. The third-order valence-electron chi connectivity index (χ3n) is 2.29. The fourth-order valence-electron chi connectivity index (χ4n) is 1.45. The molecule has 0 spiro atoms. The van der Waals surface area contributed by atoms with Crippen molar-refractivity contribution in [3.8, 4) is 0 Å². The van der Waals surface area contributed by atoms with Gasteiger partial charge in [-0.1, -0.05) is 24.2 Å². The molecule has 3 nitrogen and oxygen atoms in total.